The van der Waals surface area contributed by atoms with Gasteiger partial charge < -0.3 is 0 Å². The van der Waals surface area contributed by atoms with Crippen molar-refractivity contribution in [2.24, 2.45) is 11.8 Å². The molecule has 0 nitrogen and oxygen atoms in total. The first kappa shape index (κ1) is 6.85. The quantitative estimate of drug-likeness (QED) is 0.471. The van der Waals surface area contributed by atoms with E-state index in [9.17, 15) is 0 Å². The van der Waals surface area contributed by atoms with Crippen LogP contribution in [0.15, 0.2) is 12.2 Å². The van der Waals surface area contributed by atoms with Crippen LogP contribution in [-0.4, -0.2) is 0 Å². The van der Waals surface area contributed by atoms with Crippen LogP contribution in [0, 0.1) is 11.8 Å². The Morgan fingerprint density at radius 2 is 2.33 bits per heavy atom. The van der Waals surface area contributed by atoms with Crippen molar-refractivity contribution in [1.82, 2.24) is 0 Å². The Morgan fingerprint density at radius 3 is 2.78 bits per heavy atom. The van der Waals surface area contributed by atoms with Crippen LogP contribution in [-0.2, 0) is 0 Å². The second-order valence-electron chi connectivity index (χ2n) is 3.05. The highest BCUT2D eigenvalue weighted by molar-refractivity contribution is 4.95. The Hall–Kier alpha value is -0.260. The molecule has 1 rings (SSSR count). The van der Waals surface area contributed by atoms with E-state index >= 15 is 0 Å². The van der Waals surface area contributed by atoms with Gasteiger partial charge in [0.05, 0.1) is 0 Å². The molecule has 0 saturated carbocycles. The van der Waals surface area contributed by atoms with Gasteiger partial charge >= 0.3 is 0 Å². The lowest BCUT2D eigenvalue weighted by atomic mass is 9.84. The molecule has 9 heavy (non-hydrogen) atoms. The van der Waals surface area contributed by atoms with Crippen molar-refractivity contribution in [3.8, 4) is 0 Å². The zero-order chi connectivity index (χ0) is 6.69. The van der Waals surface area contributed by atoms with Crippen LogP contribution in [0.5, 0.6) is 0 Å². The lowest BCUT2D eigenvalue weighted by molar-refractivity contribution is 0.378. The van der Waals surface area contributed by atoms with Gasteiger partial charge in [-0.2, -0.15) is 0 Å². The van der Waals surface area contributed by atoms with Gasteiger partial charge in [0.15, 0.2) is 0 Å². The molecule has 1 aliphatic carbocycles. The summed E-state index contributed by atoms with van der Waals surface area (Å²) in [6.07, 6.45) is 8.73. The zero-order valence-corrected chi connectivity index (χ0v) is 6.43. The third-order valence-electron chi connectivity index (χ3n) is 2.37. The minimum atomic E-state index is 0.874. The molecule has 1 aliphatic rings. The summed E-state index contributed by atoms with van der Waals surface area (Å²) in [7, 11) is 0. The van der Waals surface area contributed by atoms with E-state index in [1.807, 2.05) is 0 Å². The molecular formula is C9H16. The first-order chi connectivity index (χ1) is 4.34. The van der Waals surface area contributed by atoms with Crippen molar-refractivity contribution in [3.63, 3.8) is 0 Å². The van der Waals surface area contributed by atoms with E-state index in [0.29, 0.717) is 0 Å². The molecule has 0 heteroatoms. The maximum absolute atomic E-state index is 2.38. The molecule has 0 aromatic rings. The smallest absolute Gasteiger partial charge is 0.0210 e. The first-order valence-electron chi connectivity index (χ1n) is 4.01. The third-order valence-corrected chi connectivity index (χ3v) is 2.37. The van der Waals surface area contributed by atoms with Gasteiger partial charge in [-0.1, -0.05) is 26.0 Å². The van der Waals surface area contributed by atoms with E-state index in [0.717, 1.165) is 11.8 Å². The van der Waals surface area contributed by atoms with Crippen molar-refractivity contribution < 1.29 is 0 Å². The number of hydrogen-bond donors (Lipinski definition) is 0. The molecule has 0 fully saturated rings. The molecule has 0 radical (unpaired) electrons. The second-order valence-corrected chi connectivity index (χ2v) is 3.05. The van der Waals surface area contributed by atoms with E-state index in [1.165, 1.54) is 19.3 Å². The third kappa shape index (κ3) is 1.57. The van der Waals surface area contributed by atoms with Gasteiger partial charge in [-0.3, -0.25) is 0 Å². The summed E-state index contributed by atoms with van der Waals surface area (Å²) >= 11 is 0. The van der Waals surface area contributed by atoms with E-state index in [2.05, 4.69) is 26.0 Å². The zero-order valence-electron chi connectivity index (χ0n) is 6.43. The van der Waals surface area contributed by atoms with Crippen molar-refractivity contribution in [1.29, 1.82) is 0 Å². The molecule has 0 saturated heterocycles. The van der Waals surface area contributed by atoms with Crippen molar-refractivity contribution in [2.75, 3.05) is 0 Å². The lowest BCUT2D eigenvalue weighted by Crippen LogP contribution is -2.10. The largest absolute Gasteiger partial charge is 0.0882 e. The summed E-state index contributed by atoms with van der Waals surface area (Å²) in [5.41, 5.74) is 0. The van der Waals surface area contributed by atoms with Gasteiger partial charge in [0.25, 0.3) is 0 Å². The molecule has 0 aliphatic heterocycles. The molecule has 0 N–H and O–H groups in total. The second kappa shape index (κ2) is 3.05. The van der Waals surface area contributed by atoms with Gasteiger partial charge in [0.1, 0.15) is 0 Å². The average molecular weight is 124 g/mol. The number of rotatable bonds is 1. The number of allylic oxidation sites excluding steroid dienone is 2. The van der Waals surface area contributed by atoms with Crippen molar-refractivity contribution in [2.45, 2.75) is 33.1 Å². The summed E-state index contributed by atoms with van der Waals surface area (Å²) in [5, 5.41) is 0. The Kier molecular flexibility index (Phi) is 2.32. The molecule has 0 amide bonds. The van der Waals surface area contributed by atoms with Crippen molar-refractivity contribution >= 4 is 0 Å². The van der Waals surface area contributed by atoms with E-state index in [4.69, 9.17) is 0 Å². The van der Waals surface area contributed by atoms with Gasteiger partial charge in [0.2, 0.25) is 0 Å². The van der Waals surface area contributed by atoms with Gasteiger partial charge in [0, 0.05) is 0 Å². The van der Waals surface area contributed by atoms with E-state index in [-0.39, 0.29) is 0 Å². The molecule has 0 aromatic heterocycles. The van der Waals surface area contributed by atoms with Gasteiger partial charge in [-0.25, -0.2) is 0 Å². The molecule has 0 unspecified atom stereocenters. The van der Waals surface area contributed by atoms with Crippen LogP contribution >= 0.6 is 0 Å². The SMILES string of the molecule is CC[C@@H]1C=CCC[C@H]1C. The Morgan fingerprint density at radius 1 is 1.56 bits per heavy atom. The first-order valence-corrected chi connectivity index (χ1v) is 4.01. The minimum absolute atomic E-state index is 0.874. The summed E-state index contributed by atoms with van der Waals surface area (Å²) in [4.78, 5) is 0. The lowest BCUT2D eigenvalue weighted by Gasteiger charge is -2.22. The monoisotopic (exact) mass is 124 g/mol. The Labute approximate surface area is 58.0 Å². The normalized spacial score (nSPS) is 34.9. The molecule has 0 heterocycles. The average Bonchev–Trinajstić information content (AvgIpc) is 1.89. The predicted octanol–water partition coefficient (Wildman–Crippen LogP) is 3.00. The van der Waals surface area contributed by atoms with E-state index in [1.54, 1.807) is 0 Å². The highest BCUT2D eigenvalue weighted by Crippen LogP contribution is 2.25. The standard InChI is InChI=1S/C9H16/c1-3-9-7-5-4-6-8(9)2/h5,7-9H,3-4,6H2,1-2H3/t8-,9-/m1/s1. The minimum Gasteiger partial charge on any atom is -0.0882 e. The molecule has 0 aromatic carbocycles. The van der Waals surface area contributed by atoms with Crippen molar-refractivity contribution in [3.05, 3.63) is 12.2 Å². The van der Waals surface area contributed by atoms with Crippen LogP contribution in [0.3, 0.4) is 0 Å². The molecule has 2 atom stereocenters. The molecule has 0 bridgehead atoms. The summed E-state index contributed by atoms with van der Waals surface area (Å²) in [5.74, 6) is 1.80. The number of hydrogen-bond acceptors (Lipinski definition) is 0. The molecule has 52 valence electrons. The van der Waals surface area contributed by atoms with Crippen LogP contribution in [0.4, 0.5) is 0 Å². The Bertz CT molecular complexity index is 103. The fourth-order valence-electron chi connectivity index (χ4n) is 1.57. The highest BCUT2D eigenvalue weighted by Gasteiger charge is 2.13. The van der Waals surface area contributed by atoms with Crippen LogP contribution in [0.2, 0.25) is 0 Å². The fraction of sp³-hybridized carbons (Fsp3) is 0.778. The fourth-order valence-corrected chi connectivity index (χ4v) is 1.57. The van der Waals surface area contributed by atoms with Gasteiger partial charge in [-0.15, -0.1) is 0 Å². The molecular weight excluding hydrogens is 108 g/mol. The van der Waals surface area contributed by atoms with Crippen LogP contribution in [0.1, 0.15) is 33.1 Å². The topological polar surface area (TPSA) is 0 Å². The maximum Gasteiger partial charge on any atom is -0.0210 e. The maximum atomic E-state index is 2.38. The highest BCUT2D eigenvalue weighted by atomic mass is 14.2. The Balaban J connectivity index is 2.46. The summed E-state index contributed by atoms with van der Waals surface area (Å²) < 4.78 is 0. The van der Waals surface area contributed by atoms with Gasteiger partial charge in [-0.05, 0) is 31.1 Å². The van der Waals surface area contributed by atoms with E-state index < -0.39 is 0 Å². The predicted molar refractivity (Wildman–Crippen MR) is 41.3 cm³/mol. The summed E-state index contributed by atoms with van der Waals surface area (Å²) in [6.45, 7) is 4.63. The van der Waals surface area contributed by atoms with Crippen LogP contribution < -0.4 is 0 Å². The van der Waals surface area contributed by atoms with Crippen LogP contribution in [0.25, 0.3) is 0 Å². The molecule has 0 spiro atoms. The summed E-state index contributed by atoms with van der Waals surface area (Å²) in [6, 6.07) is 0.